The number of rotatable bonds is 8. The summed E-state index contributed by atoms with van der Waals surface area (Å²) in [5.74, 6) is 0.599. The normalized spacial score (nSPS) is 21.3. The van der Waals surface area contributed by atoms with Crippen molar-refractivity contribution in [2.24, 2.45) is 5.92 Å². The monoisotopic (exact) mass is 540 g/mol. The molecule has 0 saturated heterocycles. The maximum Gasteiger partial charge on any atom is 0.0203 e. The van der Waals surface area contributed by atoms with Crippen LogP contribution in [0.15, 0.2) is 107 Å². The van der Waals surface area contributed by atoms with E-state index < -0.39 is 0 Å². The Bertz CT molecular complexity index is 1550. The summed E-state index contributed by atoms with van der Waals surface area (Å²) in [5, 5.41) is 0. The van der Waals surface area contributed by atoms with Crippen LogP contribution >= 0.6 is 0 Å². The lowest BCUT2D eigenvalue weighted by Gasteiger charge is -2.36. The second kappa shape index (κ2) is 11.8. The van der Waals surface area contributed by atoms with E-state index in [4.69, 9.17) is 6.58 Å². The van der Waals surface area contributed by atoms with Crippen molar-refractivity contribution < 1.29 is 0 Å². The van der Waals surface area contributed by atoms with Gasteiger partial charge < -0.3 is 0 Å². The van der Waals surface area contributed by atoms with Gasteiger partial charge in [-0.3, -0.25) is 0 Å². The maximum atomic E-state index is 4.81. The van der Waals surface area contributed by atoms with Crippen LogP contribution in [0, 0.1) is 26.7 Å². The minimum atomic E-state index is 0.290. The van der Waals surface area contributed by atoms with E-state index in [9.17, 15) is 0 Å². The third-order valence-corrected chi connectivity index (χ3v) is 9.87. The predicted octanol–water partition coefficient (Wildman–Crippen LogP) is 11.3. The van der Waals surface area contributed by atoms with Crippen LogP contribution in [-0.4, -0.2) is 0 Å². The van der Waals surface area contributed by atoms with Crippen LogP contribution < -0.4 is 0 Å². The van der Waals surface area contributed by atoms with Crippen molar-refractivity contribution in [1.82, 2.24) is 0 Å². The number of benzene rings is 2. The number of fused-ring (bicyclic) bond motifs is 1. The summed E-state index contributed by atoms with van der Waals surface area (Å²) in [7, 11) is 0. The zero-order valence-corrected chi connectivity index (χ0v) is 26.5. The van der Waals surface area contributed by atoms with Gasteiger partial charge in [0.05, 0.1) is 0 Å². The second-order valence-electron chi connectivity index (χ2n) is 12.6. The summed E-state index contributed by atoms with van der Waals surface area (Å²) in [6.07, 6.45) is 15.8. The second-order valence-corrected chi connectivity index (χ2v) is 12.6. The molecule has 2 unspecified atom stereocenters. The first kappa shape index (κ1) is 29.1. The van der Waals surface area contributed by atoms with E-state index in [0.717, 1.165) is 38.5 Å². The molecule has 2 aromatic carbocycles. The molecular formula is C41H48. The van der Waals surface area contributed by atoms with Gasteiger partial charge >= 0.3 is 0 Å². The molecule has 0 radical (unpaired) electrons. The van der Waals surface area contributed by atoms with Crippen molar-refractivity contribution in [2.45, 2.75) is 92.9 Å². The molecule has 0 N–H and O–H groups in total. The van der Waals surface area contributed by atoms with Gasteiger partial charge in [0.1, 0.15) is 0 Å². The van der Waals surface area contributed by atoms with Crippen LogP contribution in [0.2, 0.25) is 0 Å². The van der Waals surface area contributed by atoms with Gasteiger partial charge in [-0.25, -0.2) is 0 Å². The Kier molecular flexibility index (Phi) is 8.42. The molecular weight excluding hydrogens is 492 g/mol. The first-order valence-corrected chi connectivity index (χ1v) is 15.7. The number of hydrogen-bond acceptors (Lipinski definition) is 0. The highest BCUT2D eigenvalue weighted by molar-refractivity contribution is 5.75. The molecule has 0 spiro atoms. The zero-order chi connectivity index (χ0) is 29.4. The third-order valence-electron chi connectivity index (χ3n) is 9.87. The highest BCUT2D eigenvalue weighted by Crippen LogP contribution is 2.55. The number of hydrogen-bond donors (Lipinski definition) is 0. The summed E-state index contributed by atoms with van der Waals surface area (Å²) < 4.78 is 0. The van der Waals surface area contributed by atoms with Gasteiger partial charge in [0.15, 0.2) is 0 Å². The predicted molar refractivity (Wildman–Crippen MR) is 179 cm³/mol. The lowest BCUT2D eigenvalue weighted by Crippen LogP contribution is -2.22. The van der Waals surface area contributed by atoms with Crippen LogP contribution in [0.1, 0.15) is 98.2 Å². The summed E-state index contributed by atoms with van der Waals surface area (Å²) >= 11 is 0. The van der Waals surface area contributed by atoms with E-state index in [0.29, 0.717) is 11.8 Å². The van der Waals surface area contributed by atoms with Crippen LogP contribution in [0.25, 0.3) is 5.57 Å². The molecule has 0 bridgehead atoms. The third kappa shape index (κ3) is 5.46. The van der Waals surface area contributed by atoms with Crippen LogP contribution in [-0.2, 0) is 12.8 Å². The molecule has 1 fully saturated rings. The van der Waals surface area contributed by atoms with E-state index in [1.165, 1.54) is 83.5 Å². The smallest absolute Gasteiger partial charge is 0.0203 e. The van der Waals surface area contributed by atoms with E-state index in [1.54, 1.807) is 0 Å². The SMILES string of the molecule is C=C(CCC)C1=C(C)C=C2C/C(=C\C3=CC=C(c4cc(C)c(C)c(C)c4)C3)C(=C)C2C1c1cc(CC)ccc1CC. The molecule has 0 aromatic heterocycles. The molecule has 5 rings (SSSR count). The molecule has 41 heavy (non-hydrogen) atoms. The first-order chi connectivity index (χ1) is 19.7. The topological polar surface area (TPSA) is 0 Å². The van der Waals surface area contributed by atoms with Crippen molar-refractivity contribution in [3.05, 3.63) is 146 Å². The van der Waals surface area contributed by atoms with Crippen molar-refractivity contribution >= 4 is 5.57 Å². The number of aryl methyl sites for hydroxylation is 4. The van der Waals surface area contributed by atoms with Crippen molar-refractivity contribution in [1.29, 1.82) is 0 Å². The molecule has 212 valence electrons. The van der Waals surface area contributed by atoms with E-state index in [2.05, 4.69) is 110 Å². The fourth-order valence-corrected chi connectivity index (χ4v) is 7.37. The molecule has 1 saturated carbocycles. The van der Waals surface area contributed by atoms with Gasteiger partial charge in [0.2, 0.25) is 0 Å². The first-order valence-electron chi connectivity index (χ1n) is 15.7. The van der Waals surface area contributed by atoms with Crippen LogP contribution in [0.5, 0.6) is 0 Å². The minimum absolute atomic E-state index is 0.290. The highest BCUT2D eigenvalue weighted by atomic mass is 14.4. The summed E-state index contributed by atoms with van der Waals surface area (Å²) in [6.45, 7) is 25.3. The molecule has 2 aromatic rings. The van der Waals surface area contributed by atoms with E-state index >= 15 is 0 Å². The Morgan fingerprint density at radius 1 is 0.902 bits per heavy atom. The lowest BCUT2D eigenvalue weighted by molar-refractivity contribution is 0.613. The Hall–Kier alpha value is -3.38. The molecule has 0 heterocycles. The summed E-state index contributed by atoms with van der Waals surface area (Å²) in [6, 6.07) is 11.9. The Balaban J connectivity index is 1.50. The molecule has 0 nitrogen and oxygen atoms in total. The quantitative estimate of drug-likeness (QED) is 0.312. The summed E-state index contributed by atoms with van der Waals surface area (Å²) in [5.41, 5.74) is 21.1. The Labute approximate surface area is 249 Å². The average molecular weight is 541 g/mol. The molecule has 0 heteroatoms. The average Bonchev–Trinajstić information content (AvgIpc) is 3.54. The van der Waals surface area contributed by atoms with Crippen LogP contribution in [0.4, 0.5) is 0 Å². The fraction of sp³-hybridized carbons (Fsp3) is 0.366. The standard InChI is InChI=1S/C41H48/c1-10-13-25(4)39-28(7)20-37-24-35(22-32-15-17-34(21-32)36-18-26(5)29(8)27(6)19-36)30(9)40(37)41(39)38-23-31(11-2)14-16-33(38)12-3/h14-20,22-23,40-41H,4,9-13,21,24H2,1-3,5-8H3/b35-22+. The van der Waals surface area contributed by atoms with Gasteiger partial charge in [0, 0.05) is 11.8 Å². The highest BCUT2D eigenvalue weighted by Gasteiger charge is 2.41. The van der Waals surface area contributed by atoms with Crippen molar-refractivity contribution in [2.75, 3.05) is 0 Å². The molecule has 3 aliphatic carbocycles. The van der Waals surface area contributed by atoms with Crippen molar-refractivity contribution in [3.63, 3.8) is 0 Å². The maximum absolute atomic E-state index is 4.81. The Morgan fingerprint density at radius 3 is 2.29 bits per heavy atom. The van der Waals surface area contributed by atoms with Gasteiger partial charge in [0.25, 0.3) is 0 Å². The van der Waals surface area contributed by atoms with Gasteiger partial charge in [-0.2, -0.15) is 0 Å². The van der Waals surface area contributed by atoms with E-state index in [1.807, 2.05) is 0 Å². The Morgan fingerprint density at radius 2 is 1.63 bits per heavy atom. The largest absolute Gasteiger partial charge is 0.0955 e. The van der Waals surface area contributed by atoms with Gasteiger partial charge in [-0.1, -0.05) is 106 Å². The number of allylic oxidation sites excluding steroid dienone is 12. The van der Waals surface area contributed by atoms with Gasteiger partial charge in [-0.05, 0) is 132 Å². The summed E-state index contributed by atoms with van der Waals surface area (Å²) in [4.78, 5) is 0. The van der Waals surface area contributed by atoms with Gasteiger partial charge in [-0.15, -0.1) is 0 Å². The fourth-order valence-electron chi connectivity index (χ4n) is 7.37. The lowest BCUT2D eigenvalue weighted by atomic mass is 9.68. The van der Waals surface area contributed by atoms with Crippen molar-refractivity contribution in [3.8, 4) is 0 Å². The van der Waals surface area contributed by atoms with E-state index in [-0.39, 0.29) is 0 Å². The molecule has 0 amide bonds. The zero-order valence-electron chi connectivity index (χ0n) is 26.5. The van der Waals surface area contributed by atoms with Crippen LogP contribution in [0.3, 0.4) is 0 Å². The molecule has 2 atom stereocenters. The minimum Gasteiger partial charge on any atom is -0.0955 e. The molecule has 3 aliphatic rings. The molecule has 0 aliphatic heterocycles.